The molecule has 1 aromatic rings. The van der Waals surface area contributed by atoms with Gasteiger partial charge in [0, 0.05) is 4.90 Å². The van der Waals surface area contributed by atoms with Crippen LogP contribution in [-0.4, -0.2) is 13.2 Å². The van der Waals surface area contributed by atoms with Crippen LogP contribution in [0.15, 0.2) is 29.2 Å². The second kappa shape index (κ2) is 9.43. The Labute approximate surface area is 121 Å². The van der Waals surface area contributed by atoms with Crippen molar-refractivity contribution in [3.05, 3.63) is 24.3 Å². The first-order valence-electron chi connectivity index (χ1n) is 5.97. The predicted octanol–water partition coefficient (Wildman–Crippen LogP) is 4.95. The number of rotatable bonds is 8. The maximum atomic E-state index is 12.3. The Morgan fingerprint density at radius 3 is 1.95 bits per heavy atom. The van der Waals surface area contributed by atoms with Crippen LogP contribution in [0.3, 0.4) is 0 Å². The molecule has 0 aliphatic heterocycles. The zero-order valence-corrected chi connectivity index (χ0v) is 12.5. The van der Waals surface area contributed by atoms with Gasteiger partial charge in [-0.2, -0.15) is 0 Å². The van der Waals surface area contributed by atoms with Crippen LogP contribution in [0.4, 0.5) is 0 Å². The smallest absolute Gasteiger partial charge is 0.404 e. The summed E-state index contributed by atoms with van der Waals surface area (Å²) >= 11 is 4.17. The summed E-state index contributed by atoms with van der Waals surface area (Å²) < 4.78 is 28.1. The van der Waals surface area contributed by atoms with E-state index >= 15 is 0 Å². The van der Waals surface area contributed by atoms with Crippen molar-refractivity contribution in [2.45, 2.75) is 39.0 Å². The first-order valence-corrected chi connectivity index (χ1v) is 7.88. The normalized spacial score (nSPS) is 10.9. The summed E-state index contributed by atoms with van der Waals surface area (Å²) in [5.41, 5.74) is 0. The minimum Gasteiger partial charge on any atom is -0.404 e. The molecule has 0 bridgehead atoms. The third kappa shape index (κ3) is 7.02. The average Bonchev–Trinajstić information content (AvgIpc) is 2.37. The van der Waals surface area contributed by atoms with Crippen LogP contribution < -0.4 is 4.52 Å². The average molecular weight is 306 g/mol. The molecule has 0 saturated heterocycles. The Hall–Kier alpha value is -0.480. The van der Waals surface area contributed by atoms with Gasteiger partial charge in [-0.05, 0) is 37.1 Å². The summed E-state index contributed by atoms with van der Waals surface area (Å²) in [5, 5.41) is 0. The molecular weight excluding hydrogens is 283 g/mol. The monoisotopic (exact) mass is 306 g/mol. The third-order valence-electron chi connectivity index (χ3n) is 1.96. The van der Waals surface area contributed by atoms with Gasteiger partial charge < -0.3 is 4.52 Å². The van der Waals surface area contributed by atoms with Crippen molar-refractivity contribution in [2.75, 3.05) is 13.2 Å². The highest BCUT2D eigenvalue weighted by molar-refractivity contribution is 7.80. The van der Waals surface area contributed by atoms with Crippen molar-refractivity contribution in [1.82, 2.24) is 0 Å². The Morgan fingerprint density at radius 2 is 1.53 bits per heavy atom. The third-order valence-corrected chi connectivity index (χ3v) is 3.69. The maximum absolute atomic E-state index is 12.3. The van der Waals surface area contributed by atoms with Crippen LogP contribution >= 0.6 is 20.5 Å². The molecule has 1 aromatic carbocycles. The molecule has 0 atom stereocenters. The number of phosphoric ester groups is 1. The largest absolute Gasteiger partial charge is 0.530 e. The van der Waals surface area contributed by atoms with Gasteiger partial charge >= 0.3 is 7.82 Å². The van der Waals surface area contributed by atoms with E-state index in [2.05, 4.69) is 12.6 Å². The standard InChI is InChI=1S/C12H19O4PS.CH4/c1-3-9-14-17(13,15-10-4-2)16-11-5-7-12(18)8-6-11;/h5-8,18H,3-4,9-10H2,1-2H3;1H4. The molecule has 6 heteroatoms. The van der Waals surface area contributed by atoms with E-state index in [0.717, 1.165) is 17.7 Å². The molecule has 0 unspecified atom stereocenters. The molecular formula is C13H23O4PS. The fourth-order valence-corrected chi connectivity index (χ4v) is 2.65. The molecule has 0 aliphatic carbocycles. The summed E-state index contributed by atoms with van der Waals surface area (Å²) in [6.07, 6.45) is 1.50. The summed E-state index contributed by atoms with van der Waals surface area (Å²) in [6.45, 7) is 4.54. The van der Waals surface area contributed by atoms with Crippen LogP contribution in [0.5, 0.6) is 5.75 Å². The molecule has 110 valence electrons. The van der Waals surface area contributed by atoms with Gasteiger partial charge in [0.1, 0.15) is 5.75 Å². The first kappa shape index (κ1) is 18.5. The maximum Gasteiger partial charge on any atom is 0.530 e. The minimum atomic E-state index is -3.51. The van der Waals surface area contributed by atoms with Crippen LogP contribution in [0.25, 0.3) is 0 Å². The molecule has 0 fully saturated rings. The molecule has 0 amide bonds. The molecule has 1 rings (SSSR count). The van der Waals surface area contributed by atoms with E-state index in [-0.39, 0.29) is 7.43 Å². The van der Waals surface area contributed by atoms with E-state index in [0.29, 0.717) is 19.0 Å². The first-order chi connectivity index (χ1) is 8.59. The quantitative estimate of drug-likeness (QED) is 0.545. The van der Waals surface area contributed by atoms with Crippen molar-refractivity contribution < 1.29 is 18.1 Å². The summed E-state index contributed by atoms with van der Waals surface area (Å²) in [6, 6.07) is 6.87. The van der Waals surface area contributed by atoms with E-state index in [4.69, 9.17) is 13.6 Å². The van der Waals surface area contributed by atoms with Crippen molar-refractivity contribution >= 4 is 20.5 Å². The van der Waals surface area contributed by atoms with Gasteiger partial charge in [0.05, 0.1) is 13.2 Å². The predicted molar refractivity (Wildman–Crippen MR) is 81.1 cm³/mol. The van der Waals surface area contributed by atoms with Gasteiger partial charge in [0.2, 0.25) is 0 Å². The Bertz CT molecular complexity index is 382. The minimum absolute atomic E-state index is 0. The lowest BCUT2D eigenvalue weighted by Crippen LogP contribution is -2.04. The van der Waals surface area contributed by atoms with Crippen molar-refractivity contribution in [3.63, 3.8) is 0 Å². The van der Waals surface area contributed by atoms with Crippen molar-refractivity contribution in [1.29, 1.82) is 0 Å². The fraction of sp³-hybridized carbons (Fsp3) is 0.538. The Kier molecular flexibility index (Phi) is 9.19. The van der Waals surface area contributed by atoms with Gasteiger partial charge in [-0.15, -0.1) is 12.6 Å². The lowest BCUT2D eigenvalue weighted by atomic mass is 10.3. The highest BCUT2D eigenvalue weighted by Gasteiger charge is 2.27. The van der Waals surface area contributed by atoms with Gasteiger partial charge in [-0.3, -0.25) is 9.05 Å². The van der Waals surface area contributed by atoms with Gasteiger partial charge in [-0.1, -0.05) is 21.3 Å². The lowest BCUT2D eigenvalue weighted by Gasteiger charge is -2.18. The molecule has 0 saturated carbocycles. The second-order valence-electron chi connectivity index (χ2n) is 3.70. The number of thiol groups is 1. The molecule has 0 spiro atoms. The lowest BCUT2D eigenvalue weighted by molar-refractivity contribution is 0.155. The van der Waals surface area contributed by atoms with E-state index in [9.17, 15) is 4.57 Å². The van der Waals surface area contributed by atoms with Crippen LogP contribution in [0.1, 0.15) is 34.1 Å². The van der Waals surface area contributed by atoms with Gasteiger partial charge in [0.15, 0.2) is 0 Å². The number of phosphoric acid groups is 1. The molecule has 0 aromatic heterocycles. The SMILES string of the molecule is C.CCCOP(=O)(OCCC)Oc1ccc(S)cc1. The molecule has 4 nitrogen and oxygen atoms in total. The Balaban J connectivity index is 0.00000324. The zero-order valence-electron chi connectivity index (χ0n) is 10.7. The second-order valence-corrected chi connectivity index (χ2v) is 5.81. The van der Waals surface area contributed by atoms with E-state index < -0.39 is 7.82 Å². The molecule has 0 aliphatic rings. The Morgan fingerprint density at radius 1 is 1.05 bits per heavy atom. The molecule has 0 N–H and O–H groups in total. The van der Waals surface area contributed by atoms with Crippen LogP contribution in [0.2, 0.25) is 0 Å². The van der Waals surface area contributed by atoms with Crippen molar-refractivity contribution in [2.24, 2.45) is 0 Å². The summed E-state index contributed by atoms with van der Waals surface area (Å²) in [7, 11) is -3.51. The summed E-state index contributed by atoms with van der Waals surface area (Å²) in [4.78, 5) is 0.807. The highest BCUT2D eigenvalue weighted by atomic mass is 32.1. The van der Waals surface area contributed by atoms with Gasteiger partial charge in [-0.25, -0.2) is 4.57 Å². The number of hydrogen-bond acceptors (Lipinski definition) is 5. The molecule has 19 heavy (non-hydrogen) atoms. The van der Waals surface area contributed by atoms with Crippen LogP contribution in [0, 0.1) is 0 Å². The topological polar surface area (TPSA) is 44.8 Å². The zero-order chi connectivity index (χ0) is 13.4. The van der Waals surface area contributed by atoms with Crippen LogP contribution in [-0.2, 0) is 13.6 Å². The number of benzene rings is 1. The number of hydrogen-bond donors (Lipinski definition) is 1. The van der Waals surface area contributed by atoms with E-state index in [1.807, 2.05) is 13.8 Å². The van der Waals surface area contributed by atoms with Gasteiger partial charge in [0.25, 0.3) is 0 Å². The fourth-order valence-electron chi connectivity index (χ4n) is 1.13. The van der Waals surface area contributed by atoms with E-state index in [1.165, 1.54) is 0 Å². The summed E-state index contributed by atoms with van der Waals surface area (Å²) in [5.74, 6) is 0.448. The molecule has 0 radical (unpaired) electrons. The van der Waals surface area contributed by atoms with Crippen molar-refractivity contribution in [3.8, 4) is 5.75 Å². The molecule has 0 heterocycles. The van der Waals surface area contributed by atoms with E-state index in [1.54, 1.807) is 24.3 Å². The highest BCUT2D eigenvalue weighted by Crippen LogP contribution is 2.49.